The fraction of sp³-hybridized carbons (Fsp3) is 0.179. The lowest BCUT2D eigenvalue weighted by atomic mass is 9.94. The number of anilines is 1. The molecule has 0 aromatic heterocycles. The van der Waals surface area contributed by atoms with Crippen molar-refractivity contribution in [3.8, 4) is 23.0 Å². The highest BCUT2D eigenvalue weighted by molar-refractivity contribution is 6.51. The van der Waals surface area contributed by atoms with Crippen molar-refractivity contribution in [3.63, 3.8) is 0 Å². The minimum atomic E-state index is -1.04. The van der Waals surface area contributed by atoms with E-state index in [1.54, 1.807) is 36.4 Å². The largest absolute Gasteiger partial charge is 0.507 e. The summed E-state index contributed by atoms with van der Waals surface area (Å²) >= 11 is 6.22. The van der Waals surface area contributed by atoms with Crippen LogP contribution >= 0.6 is 11.6 Å². The summed E-state index contributed by atoms with van der Waals surface area (Å²) in [5.41, 5.74) is 0.782. The normalized spacial score (nSPS) is 16.3. The second-order valence-electron chi connectivity index (χ2n) is 8.22. The number of hydrogen-bond acceptors (Lipinski definition) is 8. The molecule has 1 aliphatic rings. The number of carbonyl (C=O) groups excluding carboxylic acids is 3. The van der Waals surface area contributed by atoms with E-state index >= 15 is 0 Å². The van der Waals surface area contributed by atoms with Gasteiger partial charge in [-0.1, -0.05) is 29.8 Å². The lowest BCUT2D eigenvalue weighted by Crippen LogP contribution is -2.29. The second-order valence-corrected chi connectivity index (χ2v) is 8.63. The highest BCUT2D eigenvalue weighted by Gasteiger charge is 2.47. The molecule has 1 aliphatic heterocycles. The summed E-state index contributed by atoms with van der Waals surface area (Å²) in [6.45, 7) is 1.28. The van der Waals surface area contributed by atoms with Crippen LogP contribution in [0.25, 0.3) is 5.76 Å². The molecule has 1 saturated heterocycles. The summed E-state index contributed by atoms with van der Waals surface area (Å²) in [7, 11) is 4.28. The molecule has 0 saturated carbocycles. The standard InChI is InChI=1S/C28H24ClNO8/c1-15(31)38-18-10-8-16(9-11-18)25-24(26(32)20-13-23(37-4)21(29)14-22(20)36-3)27(33)28(34)30(25)17-6-5-7-19(12-17)35-2/h5-14,25,32H,1-4H3/b26-24+. The quantitative estimate of drug-likeness (QED) is 0.149. The SMILES string of the molecule is COc1cccc(N2C(=O)C(=O)/C(=C(/O)c3cc(OC)c(Cl)cc3OC)C2c2ccc(OC(C)=O)cc2)c1. The molecule has 3 aromatic rings. The Morgan fingerprint density at radius 2 is 1.58 bits per heavy atom. The maximum Gasteiger partial charge on any atom is 0.308 e. The van der Waals surface area contributed by atoms with Crippen LogP contribution in [-0.2, 0) is 14.4 Å². The number of esters is 1. The molecule has 38 heavy (non-hydrogen) atoms. The highest BCUT2D eigenvalue weighted by Crippen LogP contribution is 2.45. The fourth-order valence-corrected chi connectivity index (χ4v) is 4.48. The Kier molecular flexibility index (Phi) is 7.59. The van der Waals surface area contributed by atoms with Gasteiger partial charge < -0.3 is 24.1 Å². The fourth-order valence-electron chi connectivity index (χ4n) is 4.25. The Hall–Kier alpha value is -4.50. The van der Waals surface area contributed by atoms with Crippen molar-refractivity contribution in [2.45, 2.75) is 13.0 Å². The maximum absolute atomic E-state index is 13.5. The molecule has 0 radical (unpaired) electrons. The number of benzene rings is 3. The van der Waals surface area contributed by atoms with Crippen molar-refractivity contribution < 1.29 is 38.4 Å². The zero-order chi connectivity index (χ0) is 27.6. The monoisotopic (exact) mass is 537 g/mol. The van der Waals surface area contributed by atoms with Gasteiger partial charge in [-0.2, -0.15) is 0 Å². The third-order valence-corrected chi connectivity index (χ3v) is 6.26. The summed E-state index contributed by atoms with van der Waals surface area (Å²) in [5.74, 6) is -1.58. The van der Waals surface area contributed by atoms with Crippen LogP contribution in [0.15, 0.2) is 66.2 Å². The van der Waals surface area contributed by atoms with Gasteiger partial charge in [-0.3, -0.25) is 19.3 Å². The first-order valence-electron chi connectivity index (χ1n) is 11.4. The molecule has 1 fully saturated rings. The van der Waals surface area contributed by atoms with E-state index in [9.17, 15) is 19.5 Å². The van der Waals surface area contributed by atoms with E-state index in [-0.39, 0.29) is 33.4 Å². The minimum absolute atomic E-state index is 0.110. The molecule has 0 bridgehead atoms. The maximum atomic E-state index is 13.5. The van der Waals surface area contributed by atoms with Crippen molar-refractivity contribution in [3.05, 3.63) is 82.4 Å². The molecule has 9 nitrogen and oxygen atoms in total. The number of carbonyl (C=O) groups is 3. The number of rotatable bonds is 7. The molecule has 1 atom stereocenters. The zero-order valence-electron chi connectivity index (χ0n) is 21.0. The Labute approximate surface area is 223 Å². The molecule has 1 heterocycles. The molecule has 196 valence electrons. The van der Waals surface area contributed by atoms with E-state index < -0.39 is 29.5 Å². The first-order valence-corrected chi connectivity index (χ1v) is 11.7. The van der Waals surface area contributed by atoms with Crippen molar-refractivity contribution in [2.75, 3.05) is 26.2 Å². The number of nitrogens with zero attached hydrogens (tertiary/aromatic N) is 1. The van der Waals surface area contributed by atoms with Gasteiger partial charge in [-0.25, -0.2) is 0 Å². The van der Waals surface area contributed by atoms with E-state index in [1.807, 2.05) is 0 Å². The third-order valence-electron chi connectivity index (χ3n) is 5.96. The summed E-state index contributed by atoms with van der Waals surface area (Å²) in [6.07, 6.45) is 0. The van der Waals surface area contributed by atoms with E-state index in [1.165, 1.54) is 57.4 Å². The van der Waals surface area contributed by atoms with Crippen molar-refractivity contribution in [1.29, 1.82) is 0 Å². The first-order chi connectivity index (χ1) is 18.2. The smallest absolute Gasteiger partial charge is 0.308 e. The van der Waals surface area contributed by atoms with Crippen LogP contribution in [0.2, 0.25) is 5.02 Å². The van der Waals surface area contributed by atoms with Gasteiger partial charge in [0.1, 0.15) is 28.8 Å². The van der Waals surface area contributed by atoms with Gasteiger partial charge in [-0.05, 0) is 35.9 Å². The Morgan fingerprint density at radius 3 is 2.18 bits per heavy atom. The van der Waals surface area contributed by atoms with Crippen LogP contribution in [0.1, 0.15) is 24.1 Å². The number of methoxy groups -OCH3 is 3. The van der Waals surface area contributed by atoms with Gasteiger partial charge in [0.05, 0.1) is 43.5 Å². The second kappa shape index (κ2) is 10.9. The number of aliphatic hydroxyl groups excluding tert-OH is 1. The minimum Gasteiger partial charge on any atom is -0.507 e. The van der Waals surface area contributed by atoms with Crippen LogP contribution in [0.3, 0.4) is 0 Å². The lowest BCUT2D eigenvalue weighted by molar-refractivity contribution is -0.132. The number of ketones is 1. The summed E-state index contributed by atoms with van der Waals surface area (Å²) in [5, 5.41) is 11.7. The molecule has 3 aromatic carbocycles. The average molecular weight is 538 g/mol. The van der Waals surface area contributed by atoms with Gasteiger partial charge in [0.15, 0.2) is 0 Å². The molecule has 0 aliphatic carbocycles. The lowest BCUT2D eigenvalue weighted by Gasteiger charge is -2.26. The average Bonchev–Trinajstić information content (AvgIpc) is 3.18. The predicted octanol–water partition coefficient (Wildman–Crippen LogP) is 4.92. The molecule has 0 spiro atoms. The van der Waals surface area contributed by atoms with Gasteiger partial charge in [0.25, 0.3) is 11.7 Å². The predicted molar refractivity (Wildman–Crippen MR) is 140 cm³/mol. The summed E-state index contributed by atoms with van der Waals surface area (Å²) < 4.78 is 21.1. The van der Waals surface area contributed by atoms with Gasteiger partial charge in [0, 0.05) is 24.7 Å². The Balaban J connectivity index is 1.96. The Morgan fingerprint density at radius 1 is 0.895 bits per heavy atom. The van der Waals surface area contributed by atoms with Gasteiger partial charge in [-0.15, -0.1) is 0 Å². The topological polar surface area (TPSA) is 112 Å². The number of aliphatic hydroxyl groups is 1. The van der Waals surface area contributed by atoms with Crippen LogP contribution in [0.4, 0.5) is 5.69 Å². The molecule has 1 N–H and O–H groups in total. The molecular formula is C28H24ClNO8. The first kappa shape index (κ1) is 26.6. The summed E-state index contributed by atoms with van der Waals surface area (Å²) in [4.78, 5) is 39.5. The third kappa shape index (κ3) is 4.88. The van der Waals surface area contributed by atoms with E-state index in [0.717, 1.165) is 0 Å². The van der Waals surface area contributed by atoms with Crippen LogP contribution in [-0.4, -0.2) is 44.1 Å². The zero-order valence-corrected chi connectivity index (χ0v) is 21.7. The van der Waals surface area contributed by atoms with Crippen molar-refractivity contribution in [2.24, 2.45) is 0 Å². The van der Waals surface area contributed by atoms with Crippen molar-refractivity contribution in [1.82, 2.24) is 0 Å². The van der Waals surface area contributed by atoms with Crippen LogP contribution in [0.5, 0.6) is 23.0 Å². The molecular weight excluding hydrogens is 514 g/mol. The number of Topliss-reactive ketones (excluding diaryl/α,β-unsaturated/α-hetero) is 1. The molecule has 10 heteroatoms. The highest BCUT2D eigenvalue weighted by atomic mass is 35.5. The molecule has 4 rings (SSSR count). The Bertz CT molecular complexity index is 1450. The van der Waals surface area contributed by atoms with Gasteiger partial charge in [0.2, 0.25) is 0 Å². The number of hydrogen-bond donors (Lipinski definition) is 1. The number of ether oxygens (including phenoxy) is 4. The van der Waals surface area contributed by atoms with E-state index in [2.05, 4.69) is 0 Å². The van der Waals surface area contributed by atoms with Crippen molar-refractivity contribution >= 4 is 40.7 Å². The molecule has 1 amide bonds. The van der Waals surface area contributed by atoms with E-state index in [0.29, 0.717) is 17.0 Å². The van der Waals surface area contributed by atoms with Gasteiger partial charge >= 0.3 is 5.97 Å². The molecule has 1 unspecified atom stereocenters. The number of halogens is 1. The van der Waals surface area contributed by atoms with E-state index in [4.69, 9.17) is 30.5 Å². The van der Waals surface area contributed by atoms with Crippen LogP contribution < -0.4 is 23.8 Å². The number of amides is 1. The summed E-state index contributed by atoms with van der Waals surface area (Å²) in [6, 6.07) is 14.8. The van der Waals surface area contributed by atoms with Crippen LogP contribution in [0, 0.1) is 0 Å².